The molecule has 2 aromatic rings. The Morgan fingerprint density at radius 3 is 2.56 bits per heavy atom. The van der Waals surface area contributed by atoms with E-state index in [-0.39, 0.29) is 6.04 Å². The quantitative estimate of drug-likeness (QED) is 0.367. The lowest BCUT2D eigenvalue weighted by atomic mass is 9.98. The number of aryl methyl sites for hydroxylation is 1. The Morgan fingerprint density at radius 2 is 1.92 bits per heavy atom. The highest BCUT2D eigenvalue weighted by molar-refractivity contribution is 6.17. The van der Waals surface area contributed by atoms with E-state index in [0.717, 1.165) is 39.4 Å². The van der Waals surface area contributed by atoms with Gasteiger partial charge in [0.05, 0.1) is 11.8 Å². The molecular formula is C28H29F3N4O. The molecule has 3 N–H and O–H groups in total. The number of carbonyl (C=O) groups is 1. The van der Waals surface area contributed by atoms with Crippen LogP contribution < -0.4 is 16.0 Å². The minimum atomic E-state index is -4.48. The van der Waals surface area contributed by atoms with Crippen molar-refractivity contribution in [3.05, 3.63) is 108 Å². The summed E-state index contributed by atoms with van der Waals surface area (Å²) in [6.45, 7) is 10.7. The number of rotatable bonds is 7. The molecule has 0 saturated carbocycles. The molecule has 5 nitrogen and oxygen atoms in total. The van der Waals surface area contributed by atoms with Gasteiger partial charge in [0.1, 0.15) is 6.54 Å². The molecule has 1 aliphatic rings. The number of benzodiazepines with no additional fused rings is 1. The number of halogens is 3. The van der Waals surface area contributed by atoms with Gasteiger partial charge in [-0.05, 0) is 43.7 Å². The van der Waals surface area contributed by atoms with Crippen molar-refractivity contribution < 1.29 is 18.0 Å². The van der Waals surface area contributed by atoms with Gasteiger partial charge in [-0.3, -0.25) is 4.99 Å². The fraction of sp³-hybridized carbons (Fsp3) is 0.214. The molecule has 1 heterocycles. The normalized spacial score (nSPS) is 16.0. The van der Waals surface area contributed by atoms with E-state index in [1.165, 1.54) is 0 Å². The maximum absolute atomic E-state index is 12.3. The van der Waals surface area contributed by atoms with E-state index < -0.39 is 18.8 Å². The van der Waals surface area contributed by atoms with Crippen molar-refractivity contribution in [1.82, 2.24) is 5.32 Å². The first-order valence-electron chi connectivity index (χ1n) is 11.4. The molecule has 0 saturated heterocycles. The molecule has 2 amide bonds. The molecule has 0 aliphatic carbocycles. The zero-order valence-corrected chi connectivity index (χ0v) is 20.2. The first-order valence-corrected chi connectivity index (χ1v) is 11.4. The highest BCUT2D eigenvalue weighted by Gasteiger charge is 2.28. The van der Waals surface area contributed by atoms with Crippen LogP contribution in [0.25, 0.3) is 0 Å². The fourth-order valence-electron chi connectivity index (χ4n) is 3.65. The van der Waals surface area contributed by atoms with Crippen LogP contribution >= 0.6 is 0 Å². The van der Waals surface area contributed by atoms with Crippen molar-refractivity contribution in [2.75, 3.05) is 17.2 Å². The van der Waals surface area contributed by atoms with Gasteiger partial charge in [0.2, 0.25) is 0 Å². The fourth-order valence-corrected chi connectivity index (χ4v) is 3.65. The van der Waals surface area contributed by atoms with E-state index in [1.54, 1.807) is 35.7 Å². The second kappa shape index (κ2) is 11.6. The van der Waals surface area contributed by atoms with Crippen molar-refractivity contribution in [2.45, 2.75) is 32.5 Å². The number of urea groups is 1. The summed E-state index contributed by atoms with van der Waals surface area (Å²) in [6, 6.07) is 11.6. The summed E-state index contributed by atoms with van der Waals surface area (Å²) in [4.78, 5) is 16.9. The predicted molar refractivity (Wildman–Crippen MR) is 141 cm³/mol. The first kappa shape index (κ1) is 26.5. The van der Waals surface area contributed by atoms with Crippen molar-refractivity contribution in [3.8, 4) is 0 Å². The van der Waals surface area contributed by atoms with E-state index >= 15 is 0 Å². The van der Waals surface area contributed by atoms with Crippen LogP contribution in [0.3, 0.4) is 0 Å². The second-order valence-corrected chi connectivity index (χ2v) is 8.37. The standard InChI is InChI=1S/C28H29F3N4O/c1-5-7-8-20(6-2)16-25-19(4)33-24-14-9-18(3)15-23(24)26(35-25)21-10-12-22(13-11-21)34-27(36)32-17-28(29,30)31/h5-15,25,33H,2,4,16-17H2,1,3H3,(H2,32,34,36)/b7-5-,20-8+. The average molecular weight is 495 g/mol. The number of hydrogen-bond donors (Lipinski definition) is 3. The zero-order chi connectivity index (χ0) is 26.3. The van der Waals surface area contributed by atoms with Gasteiger partial charge in [-0.2, -0.15) is 13.2 Å². The monoisotopic (exact) mass is 494 g/mol. The van der Waals surface area contributed by atoms with Crippen LogP contribution in [0.4, 0.5) is 29.3 Å². The summed E-state index contributed by atoms with van der Waals surface area (Å²) in [5.41, 5.74) is 6.50. The number of alkyl halides is 3. The molecular weight excluding hydrogens is 465 g/mol. The van der Waals surface area contributed by atoms with Gasteiger partial charge in [-0.25, -0.2) is 4.79 Å². The molecule has 0 radical (unpaired) electrons. The zero-order valence-electron chi connectivity index (χ0n) is 20.2. The average Bonchev–Trinajstić information content (AvgIpc) is 2.96. The smallest absolute Gasteiger partial charge is 0.357 e. The Bertz CT molecular complexity index is 1220. The van der Waals surface area contributed by atoms with E-state index in [9.17, 15) is 18.0 Å². The second-order valence-electron chi connectivity index (χ2n) is 8.37. The Balaban J connectivity index is 1.94. The maximum Gasteiger partial charge on any atom is 0.405 e. The van der Waals surface area contributed by atoms with E-state index in [2.05, 4.69) is 23.8 Å². The molecule has 3 rings (SSSR count). The van der Waals surface area contributed by atoms with E-state index in [4.69, 9.17) is 4.99 Å². The Morgan fingerprint density at radius 1 is 1.19 bits per heavy atom. The molecule has 36 heavy (non-hydrogen) atoms. The van der Waals surface area contributed by atoms with Crippen LogP contribution in [0, 0.1) is 6.92 Å². The Hall–Kier alpha value is -4.07. The molecule has 0 bridgehead atoms. The Labute approximate surface area is 209 Å². The minimum Gasteiger partial charge on any atom is -0.357 e. The summed E-state index contributed by atoms with van der Waals surface area (Å²) in [5, 5.41) is 7.61. The van der Waals surface area contributed by atoms with Gasteiger partial charge in [-0.15, -0.1) is 0 Å². The number of hydrogen-bond acceptors (Lipinski definition) is 3. The largest absolute Gasteiger partial charge is 0.405 e. The molecule has 2 aromatic carbocycles. The molecule has 188 valence electrons. The van der Waals surface area contributed by atoms with Crippen molar-refractivity contribution in [3.63, 3.8) is 0 Å². The molecule has 0 aromatic heterocycles. The number of nitrogens with one attached hydrogen (secondary N) is 3. The lowest BCUT2D eigenvalue weighted by Gasteiger charge is -2.16. The highest BCUT2D eigenvalue weighted by atomic mass is 19.4. The van der Waals surface area contributed by atoms with Crippen molar-refractivity contribution in [1.29, 1.82) is 0 Å². The van der Waals surface area contributed by atoms with E-state index in [1.807, 2.05) is 50.3 Å². The number of benzene rings is 2. The van der Waals surface area contributed by atoms with Crippen molar-refractivity contribution in [2.24, 2.45) is 4.99 Å². The van der Waals surface area contributed by atoms with Gasteiger partial charge in [0.15, 0.2) is 0 Å². The summed E-state index contributed by atoms with van der Waals surface area (Å²) in [5.74, 6) is 0. The number of aliphatic imine (C=N–C) groups is 1. The maximum atomic E-state index is 12.3. The van der Waals surface area contributed by atoms with Gasteiger partial charge in [-0.1, -0.05) is 61.2 Å². The van der Waals surface area contributed by atoms with Crippen molar-refractivity contribution >= 4 is 23.1 Å². The van der Waals surface area contributed by atoms with E-state index in [0.29, 0.717) is 12.1 Å². The van der Waals surface area contributed by atoms with Crippen LogP contribution in [0.15, 0.2) is 96.2 Å². The summed E-state index contributed by atoms with van der Waals surface area (Å²) < 4.78 is 37.0. The Kier molecular flexibility index (Phi) is 8.53. The van der Waals surface area contributed by atoms with Gasteiger partial charge < -0.3 is 16.0 Å². The molecule has 1 unspecified atom stereocenters. The molecule has 1 aliphatic heterocycles. The highest BCUT2D eigenvalue weighted by Crippen LogP contribution is 2.30. The molecule has 0 fully saturated rings. The molecule has 8 heteroatoms. The SMILES string of the molecule is C=C/C(=C\C=C/C)CC1N=C(c2ccc(NC(=O)NCC(F)(F)F)cc2)c2cc(C)ccc2NC1=C. The topological polar surface area (TPSA) is 65.5 Å². The number of amides is 2. The molecule has 0 spiro atoms. The third-order valence-electron chi connectivity index (χ3n) is 5.47. The third-order valence-corrected chi connectivity index (χ3v) is 5.47. The number of nitrogens with zero attached hydrogens (tertiary/aromatic N) is 1. The van der Waals surface area contributed by atoms with Crippen LogP contribution in [0.2, 0.25) is 0 Å². The first-order chi connectivity index (χ1) is 17.1. The summed E-state index contributed by atoms with van der Waals surface area (Å²) in [6.07, 6.45) is 3.79. The summed E-state index contributed by atoms with van der Waals surface area (Å²) >= 11 is 0. The van der Waals surface area contributed by atoms with Gasteiger partial charge >= 0.3 is 12.2 Å². The number of carbonyl (C=O) groups excluding carboxylic acids is 1. The third kappa shape index (κ3) is 7.21. The van der Waals surface area contributed by atoms with Gasteiger partial charge in [0.25, 0.3) is 0 Å². The van der Waals surface area contributed by atoms with Crippen LogP contribution in [0.5, 0.6) is 0 Å². The van der Waals surface area contributed by atoms with Crippen LogP contribution in [-0.4, -0.2) is 30.5 Å². The molecule has 1 atom stereocenters. The lowest BCUT2D eigenvalue weighted by Crippen LogP contribution is -2.36. The number of allylic oxidation sites excluding steroid dienone is 4. The predicted octanol–water partition coefficient (Wildman–Crippen LogP) is 6.90. The number of anilines is 2. The van der Waals surface area contributed by atoms with Crippen LogP contribution in [0.1, 0.15) is 30.0 Å². The van der Waals surface area contributed by atoms with Gasteiger partial charge in [0, 0.05) is 34.6 Å². The minimum absolute atomic E-state index is 0.270. The summed E-state index contributed by atoms with van der Waals surface area (Å²) in [7, 11) is 0. The lowest BCUT2D eigenvalue weighted by molar-refractivity contribution is -0.122. The van der Waals surface area contributed by atoms with Crippen LogP contribution in [-0.2, 0) is 0 Å². The number of fused-ring (bicyclic) bond motifs is 1.